The monoisotopic (exact) mass is 406 g/mol. The Balaban J connectivity index is 1.69. The van der Waals surface area contributed by atoms with Crippen molar-refractivity contribution in [3.63, 3.8) is 0 Å². The standard InChI is InChI=1S/C18H16BrFN2O3/c19-14-10-12(6-7-15(14)20)11-21-16(23)18(25)8-9-22(17(18)24)13-4-2-1-3-5-13/h1-7,10,25H,8-9,11H2,(H,21,23). The van der Waals surface area contributed by atoms with Crippen LogP contribution in [0.15, 0.2) is 53.0 Å². The molecule has 130 valence electrons. The van der Waals surface area contributed by atoms with Gasteiger partial charge in [-0.05, 0) is 45.8 Å². The molecule has 1 unspecified atom stereocenters. The molecule has 0 aliphatic carbocycles. The summed E-state index contributed by atoms with van der Waals surface area (Å²) in [4.78, 5) is 26.3. The highest BCUT2D eigenvalue weighted by Crippen LogP contribution is 2.28. The minimum Gasteiger partial charge on any atom is -0.372 e. The first-order valence-corrected chi connectivity index (χ1v) is 8.53. The Morgan fingerprint density at radius 1 is 1.28 bits per heavy atom. The molecule has 2 N–H and O–H groups in total. The Bertz CT molecular complexity index is 815. The number of anilines is 1. The molecule has 1 saturated heterocycles. The first kappa shape index (κ1) is 17.6. The van der Waals surface area contributed by atoms with E-state index in [0.29, 0.717) is 11.3 Å². The predicted molar refractivity (Wildman–Crippen MR) is 94.3 cm³/mol. The van der Waals surface area contributed by atoms with Gasteiger partial charge >= 0.3 is 0 Å². The van der Waals surface area contributed by atoms with Crippen LogP contribution >= 0.6 is 15.9 Å². The first-order chi connectivity index (χ1) is 11.9. The zero-order valence-corrected chi connectivity index (χ0v) is 14.8. The Morgan fingerprint density at radius 2 is 2.00 bits per heavy atom. The molecule has 3 rings (SSSR count). The zero-order valence-electron chi connectivity index (χ0n) is 13.2. The van der Waals surface area contributed by atoms with Crippen LogP contribution in [-0.2, 0) is 16.1 Å². The van der Waals surface area contributed by atoms with Crippen LogP contribution in [-0.4, -0.2) is 29.1 Å². The molecule has 0 bridgehead atoms. The second-order valence-corrected chi connectivity index (χ2v) is 6.69. The van der Waals surface area contributed by atoms with Gasteiger partial charge in [0.25, 0.3) is 11.8 Å². The number of benzene rings is 2. The van der Waals surface area contributed by atoms with E-state index >= 15 is 0 Å². The van der Waals surface area contributed by atoms with Crippen LogP contribution < -0.4 is 10.2 Å². The summed E-state index contributed by atoms with van der Waals surface area (Å²) >= 11 is 3.08. The molecular formula is C18H16BrFN2O3. The molecule has 0 radical (unpaired) electrons. The number of carbonyl (C=O) groups is 2. The lowest BCUT2D eigenvalue weighted by Gasteiger charge is -2.21. The van der Waals surface area contributed by atoms with Crippen molar-refractivity contribution >= 4 is 33.4 Å². The fourth-order valence-corrected chi connectivity index (χ4v) is 3.17. The number of hydrogen-bond acceptors (Lipinski definition) is 3. The topological polar surface area (TPSA) is 69.6 Å². The van der Waals surface area contributed by atoms with Crippen molar-refractivity contribution in [2.45, 2.75) is 18.6 Å². The minimum atomic E-state index is -2.09. The summed E-state index contributed by atoms with van der Waals surface area (Å²) in [7, 11) is 0. The van der Waals surface area contributed by atoms with E-state index in [2.05, 4.69) is 21.2 Å². The number of carbonyl (C=O) groups excluding carboxylic acids is 2. The van der Waals surface area contributed by atoms with E-state index in [0.717, 1.165) is 0 Å². The molecule has 1 fully saturated rings. The summed E-state index contributed by atoms with van der Waals surface area (Å²) in [6.07, 6.45) is 0.0136. The fraction of sp³-hybridized carbons (Fsp3) is 0.222. The molecule has 0 saturated carbocycles. The largest absolute Gasteiger partial charge is 0.372 e. The fourth-order valence-electron chi connectivity index (χ4n) is 2.75. The lowest BCUT2D eigenvalue weighted by atomic mass is 10.0. The van der Waals surface area contributed by atoms with E-state index in [1.54, 1.807) is 24.3 Å². The summed E-state index contributed by atoms with van der Waals surface area (Å²) < 4.78 is 13.5. The van der Waals surface area contributed by atoms with Gasteiger partial charge in [-0.25, -0.2) is 4.39 Å². The first-order valence-electron chi connectivity index (χ1n) is 7.73. The predicted octanol–water partition coefficient (Wildman–Crippen LogP) is 2.37. The van der Waals surface area contributed by atoms with Crippen molar-refractivity contribution in [1.82, 2.24) is 5.32 Å². The molecule has 1 heterocycles. The molecule has 25 heavy (non-hydrogen) atoms. The van der Waals surface area contributed by atoms with E-state index < -0.39 is 23.2 Å². The van der Waals surface area contributed by atoms with Crippen molar-refractivity contribution in [2.75, 3.05) is 11.4 Å². The highest BCUT2D eigenvalue weighted by molar-refractivity contribution is 9.10. The molecule has 1 atom stereocenters. The lowest BCUT2D eigenvalue weighted by molar-refractivity contribution is -0.149. The molecule has 0 aromatic heterocycles. The third-order valence-electron chi connectivity index (χ3n) is 4.18. The summed E-state index contributed by atoms with van der Waals surface area (Å²) in [5, 5.41) is 13.1. The SMILES string of the molecule is O=C(NCc1ccc(F)c(Br)c1)C1(O)CCN(c2ccccc2)C1=O. The molecule has 0 spiro atoms. The number of nitrogens with one attached hydrogen (secondary N) is 1. The molecular weight excluding hydrogens is 391 g/mol. The molecule has 1 aliphatic rings. The maximum absolute atomic E-state index is 13.2. The highest BCUT2D eigenvalue weighted by Gasteiger charge is 2.51. The Morgan fingerprint density at radius 3 is 2.68 bits per heavy atom. The van der Waals surface area contributed by atoms with Crippen molar-refractivity contribution in [3.8, 4) is 0 Å². The van der Waals surface area contributed by atoms with Crippen LogP contribution in [0, 0.1) is 5.82 Å². The molecule has 1 aliphatic heterocycles. The zero-order chi connectivity index (χ0) is 18.0. The Hall–Kier alpha value is -2.25. The lowest BCUT2D eigenvalue weighted by Crippen LogP contribution is -2.52. The van der Waals surface area contributed by atoms with E-state index in [1.807, 2.05) is 6.07 Å². The molecule has 2 aromatic carbocycles. The van der Waals surface area contributed by atoms with E-state index in [4.69, 9.17) is 0 Å². The van der Waals surface area contributed by atoms with Crippen molar-refractivity contribution < 1.29 is 19.1 Å². The average molecular weight is 407 g/mol. The number of nitrogens with zero attached hydrogens (tertiary/aromatic N) is 1. The van der Waals surface area contributed by atoms with Gasteiger partial charge in [-0.15, -0.1) is 0 Å². The number of rotatable bonds is 4. The maximum atomic E-state index is 13.2. The van der Waals surface area contributed by atoms with Crippen molar-refractivity contribution in [2.24, 2.45) is 0 Å². The smallest absolute Gasteiger partial charge is 0.268 e. The van der Waals surface area contributed by atoms with E-state index in [9.17, 15) is 19.1 Å². The van der Waals surface area contributed by atoms with Gasteiger partial charge in [-0.3, -0.25) is 9.59 Å². The van der Waals surface area contributed by atoms with E-state index in [1.165, 1.54) is 23.1 Å². The molecule has 2 aromatic rings. The number of para-hydroxylation sites is 1. The quantitative estimate of drug-likeness (QED) is 0.765. The van der Waals surface area contributed by atoms with Crippen LogP contribution in [0.25, 0.3) is 0 Å². The second kappa shape index (κ2) is 6.93. The summed E-state index contributed by atoms with van der Waals surface area (Å²) in [5.74, 6) is -1.80. The van der Waals surface area contributed by atoms with Gasteiger partial charge in [0.2, 0.25) is 5.60 Å². The van der Waals surface area contributed by atoms with Crippen LogP contribution in [0.4, 0.5) is 10.1 Å². The number of aliphatic hydroxyl groups is 1. The number of hydrogen-bond donors (Lipinski definition) is 2. The second-order valence-electron chi connectivity index (χ2n) is 5.83. The van der Waals surface area contributed by atoms with Gasteiger partial charge in [0.05, 0.1) is 4.47 Å². The highest BCUT2D eigenvalue weighted by atomic mass is 79.9. The van der Waals surface area contributed by atoms with Crippen LogP contribution in [0.1, 0.15) is 12.0 Å². The van der Waals surface area contributed by atoms with Gasteiger partial charge in [-0.1, -0.05) is 24.3 Å². The average Bonchev–Trinajstić information content (AvgIpc) is 2.93. The number of amides is 2. The molecule has 5 nitrogen and oxygen atoms in total. The minimum absolute atomic E-state index is 0.0136. The van der Waals surface area contributed by atoms with Gasteiger partial charge in [0.15, 0.2) is 0 Å². The van der Waals surface area contributed by atoms with E-state index in [-0.39, 0.29) is 24.0 Å². The third-order valence-corrected chi connectivity index (χ3v) is 4.78. The summed E-state index contributed by atoms with van der Waals surface area (Å²) in [6, 6.07) is 13.2. The third kappa shape index (κ3) is 3.43. The molecule has 2 amide bonds. The molecule has 7 heteroatoms. The normalized spacial score (nSPS) is 20.0. The Kier molecular flexibility index (Phi) is 4.87. The van der Waals surface area contributed by atoms with Crippen molar-refractivity contribution in [3.05, 3.63) is 64.4 Å². The maximum Gasteiger partial charge on any atom is 0.268 e. The van der Waals surface area contributed by atoms with Crippen LogP contribution in [0.2, 0.25) is 0 Å². The van der Waals surface area contributed by atoms with Gasteiger partial charge in [0.1, 0.15) is 5.82 Å². The Labute approximate surface area is 152 Å². The number of halogens is 2. The van der Waals surface area contributed by atoms with Gasteiger partial charge in [-0.2, -0.15) is 0 Å². The summed E-state index contributed by atoms with van der Waals surface area (Å²) in [5.41, 5.74) is -0.804. The van der Waals surface area contributed by atoms with Crippen LogP contribution in [0.5, 0.6) is 0 Å². The van der Waals surface area contributed by atoms with Gasteiger partial charge < -0.3 is 15.3 Å². The van der Waals surface area contributed by atoms with Gasteiger partial charge in [0, 0.05) is 25.2 Å². The van der Waals surface area contributed by atoms with Crippen molar-refractivity contribution in [1.29, 1.82) is 0 Å². The van der Waals surface area contributed by atoms with Crippen LogP contribution in [0.3, 0.4) is 0 Å². The summed E-state index contributed by atoms with van der Waals surface area (Å²) in [6.45, 7) is 0.341.